The largest absolute Gasteiger partial charge is 0.452 e. The molecule has 0 bridgehead atoms. The number of anilines is 1. The van der Waals surface area contributed by atoms with E-state index in [1.807, 2.05) is 19.1 Å². The molecule has 1 fully saturated rings. The normalized spacial score (nSPS) is 21.4. The lowest BCUT2D eigenvalue weighted by Crippen LogP contribution is -2.42. The van der Waals surface area contributed by atoms with Crippen LogP contribution in [-0.2, 0) is 22.4 Å². The average Bonchev–Trinajstić information content (AvgIpc) is 3.26. The van der Waals surface area contributed by atoms with E-state index in [-0.39, 0.29) is 29.5 Å². The fourth-order valence-electron chi connectivity index (χ4n) is 6.03. The molecule has 0 unspecified atom stereocenters. The quantitative estimate of drug-likeness (QED) is 0.400. The van der Waals surface area contributed by atoms with Gasteiger partial charge in [0.25, 0.3) is 0 Å². The zero-order valence-corrected chi connectivity index (χ0v) is 21.8. The fraction of sp³-hybridized carbons (Fsp3) is 0.500. The van der Waals surface area contributed by atoms with Gasteiger partial charge in [0, 0.05) is 36.2 Å². The second-order valence-corrected chi connectivity index (χ2v) is 10.3. The van der Waals surface area contributed by atoms with Gasteiger partial charge in [-0.25, -0.2) is 9.78 Å². The molecule has 0 spiro atoms. The molecule has 8 nitrogen and oxygen atoms in total. The molecule has 1 amide bonds. The van der Waals surface area contributed by atoms with Crippen LogP contribution in [0.5, 0.6) is 5.75 Å². The molecule has 0 radical (unpaired) electrons. The van der Waals surface area contributed by atoms with E-state index >= 15 is 0 Å². The standard InChI is InChI=1S/C28H32F2N4O4/c1-16-7-8-22-23(33(16)28(36)37-3)9-10-24-26(22)32-25(12-18-11-21(15-31-14-18)38-27(29)30)34(24)20-6-4-5-19(13-20)17(2)35/h9-11,14-16,19-20,27H,4-8,12-13H2,1-3H3/t16-,19+,20+/m0/s1. The van der Waals surface area contributed by atoms with E-state index in [0.717, 1.165) is 66.6 Å². The predicted molar refractivity (Wildman–Crippen MR) is 138 cm³/mol. The number of nitrogens with zero attached hydrogens (tertiary/aromatic N) is 4. The summed E-state index contributed by atoms with van der Waals surface area (Å²) in [4.78, 5) is 35.7. The predicted octanol–water partition coefficient (Wildman–Crippen LogP) is 5.85. The van der Waals surface area contributed by atoms with Gasteiger partial charge < -0.3 is 14.0 Å². The number of halogens is 2. The summed E-state index contributed by atoms with van der Waals surface area (Å²) in [6, 6.07) is 5.56. The third-order valence-electron chi connectivity index (χ3n) is 7.84. The third kappa shape index (κ3) is 4.96. The Morgan fingerprint density at radius 2 is 2.00 bits per heavy atom. The molecule has 38 heavy (non-hydrogen) atoms. The molecule has 1 aliphatic carbocycles. The number of methoxy groups -OCH3 is 1. The monoisotopic (exact) mass is 526 g/mol. The van der Waals surface area contributed by atoms with Crippen molar-refractivity contribution in [1.82, 2.24) is 14.5 Å². The van der Waals surface area contributed by atoms with Crippen molar-refractivity contribution in [2.24, 2.45) is 5.92 Å². The molecule has 1 aromatic carbocycles. The zero-order valence-electron chi connectivity index (χ0n) is 21.8. The van der Waals surface area contributed by atoms with Crippen molar-refractivity contribution >= 4 is 28.6 Å². The first-order valence-electron chi connectivity index (χ1n) is 13.1. The summed E-state index contributed by atoms with van der Waals surface area (Å²) in [6.45, 7) is 0.715. The van der Waals surface area contributed by atoms with E-state index in [1.54, 1.807) is 24.1 Å². The first-order valence-corrected chi connectivity index (χ1v) is 13.1. The number of carbonyl (C=O) groups excluding carboxylic acids is 2. The van der Waals surface area contributed by atoms with Crippen molar-refractivity contribution in [3.63, 3.8) is 0 Å². The molecule has 10 heteroatoms. The van der Waals surface area contributed by atoms with E-state index in [0.29, 0.717) is 12.0 Å². The summed E-state index contributed by atoms with van der Waals surface area (Å²) >= 11 is 0. The minimum atomic E-state index is -2.94. The Balaban J connectivity index is 1.62. The Labute approximate surface area is 219 Å². The van der Waals surface area contributed by atoms with Crippen molar-refractivity contribution in [3.8, 4) is 5.75 Å². The minimum Gasteiger partial charge on any atom is -0.452 e. The van der Waals surface area contributed by atoms with E-state index in [1.165, 1.54) is 13.3 Å². The smallest absolute Gasteiger partial charge is 0.414 e. The van der Waals surface area contributed by atoms with Gasteiger partial charge in [0.15, 0.2) is 0 Å². The van der Waals surface area contributed by atoms with Crippen molar-refractivity contribution in [1.29, 1.82) is 0 Å². The molecule has 3 heterocycles. The van der Waals surface area contributed by atoms with Crippen LogP contribution in [0.4, 0.5) is 19.3 Å². The molecule has 2 aliphatic rings. The molecule has 0 saturated heterocycles. The number of imidazole rings is 1. The number of Topliss-reactive ketones (excluding diaryl/α,β-unsaturated/α-hetero) is 1. The number of fused-ring (bicyclic) bond motifs is 3. The maximum absolute atomic E-state index is 12.8. The van der Waals surface area contributed by atoms with E-state index in [9.17, 15) is 18.4 Å². The molecule has 1 aliphatic heterocycles. The van der Waals surface area contributed by atoms with Crippen LogP contribution in [0.3, 0.4) is 0 Å². The van der Waals surface area contributed by atoms with Crippen molar-refractivity contribution in [3.05, 3.63) is 47.5 Å². The Hall–Kier alpha value is -3.56. The average molecular weight is 527 g/mol. The molecule has 0 N–H and O–H groups in total. The SMILES string of the molecule is COC(=O)N1c2ccc3c(nc(Cc4cncc(OC(F)F)c4)n3[C@@H]3CCC[C@@H](C(C)=O)C3)c2CC[C@@H]1C. The van der Waals surface area contributed by atoms with Crippen molar-refractivity contribution in [2.45, 2.75) is 77.5 Å². The van der Waals surface area contributed by atoms with Gasteiger partial charge in [-0.1, -0.05) is 6.42 Å². The van der Waals surface area contributed by atoms with Crippen LogP contribution >= 0.6 is 0 Å². The lowest BCUT2D eigenvalue weighted by atomic mass is 9.83. The molecule has 3 aromatic rings. The maximum Gasteiger partial charge on any atom is 0.414 e. The lowest BCUT2D eigenvalue weighted by molar-refractivity contribution is -0.122. The number of aryl methyl sites for hydroxylation is 1. The number of rotatable bonds is 6. The number of benzene rings is 1. The molecule has 1 saturated carbocycles. The van der Waals surface area contributed by atoms with Gasteiger partial charge in [0.2, 0.25) is 0 Å². The van der Waals surface area contributed by atoms with Crippen molar-refractivity contribution in [2.75, 3.05) is 12.0 Å². The van der Waals surface area contributed by atoms with Crippen LogP contribution in [0.1, 0.15) is 68.9 Å². The highest BCUT2D eigenvalue weighted by molar-refractivity contribution is 5.95. The molecular formula is C28H32F2N4O4. The summed E-state index contributed by atoms with van der Waals surface area (Å²) in [5.41, 5.74) is 4.23. The number of hydrogen-bond acceptors (Lipinski definition) is 6. The summed E-state index contributed by atoms with van der Waals surface area (Å²) < 4.78 is 37.4. The molecule has 3 atom stereocenters. The number of ether oxygens (including phenoxy) is 2. The number of alkyl halides is 2. The van der Waals surface area contributed by atoms with Gasteiger partial charge >= 0.3 is 12.7 Å². The Morgan fingerprint density at radius 1 is 1.18 bits per heavy atom. The van der Waals surface area contributed by atoms with E-state index < -0.39 is 12.7 Å². The Morgan fingerprint density at radius 3 is 2.74 bits per heavy atom. The number of amides is 1. The van der Waals surface area contributed by atoms with Crippen LogP contribution in [0.25, 0.3) is 11.0 Å². The molecule has 2 aromatic heterocycles. The van der Waals surface area contributed by atoms with E-state index in [2.05, 4.69) is 14.3 Å². The van der Waals surface area contributed by atoms with Crippen molar-refractivity contribution < 1.29 is 27.8 Å². The Bertz CT molecular complexity index is 1360. The van der Waals surface area contributed by atoms with Gasteiger partial charge in [-0.2, -0.15) is 8.78 Å². The summed E-state index contributed by atoms with van der Waals surface area (Å²) in [5, 5.41) is 0. The lowest BCUT2D eigenvalue weighted by Gasteiger charge is -2.34. The fourth-order valence-corrected chi connectivity index (χ4v) is 6.03. The second kappa shape index (κ2) is 10.7. The summed E-state index contributed by atoms with van der Waals surface area (Å²) in [6.07, 6.45) is 7.82. The summed E-state index contributed by atoms with van der Waals surface area (Å²) in [7, 11) is 1.38. The number of ketones is 1. The number of carbonyl (C=O) groups is 2. The molecular weight excluding hydrogens is 494 g/mol. The molecule has 202 valence electrons. The maximum atomic E-state index is 12.8. The third-order valence-corrected chi connectivity index (χ3v) is 7.84. The Kier molecular flexibility index (Phi) is 7.32. The number of aromatic nitrogens is 3. The highest BCUT2D eigenvalue weighted by atomic mass is 19.3. The van der Waals surface area contributed by atoms with Crippen LogP contribution < -0.4 is 9.64 Å². The van der Waals surface area contributed by atoms with E-state index in [4.69, 9.17) is 9.72 Å². The van der Waals surface area contributed by atoms with Crippen LogP contribution in [0, 0.1) is 5.92 Å². The second-order valence-electron chi connectivity index (χ2n) is 10.3. The van der Waals surface area contributed by atoms with Gasteiger partial charge in [-0.05, 0) is 69.7 Å². The first-order chi connectivity index (χ1) is 18.3. The first kappa shape index (κ1) is 26.1. The van der Waals surface area contributed by atoms with Crippen LogP contribution in [0.2, 0.25) is 0 Å². The highest BCUT2D eigenvalue weighted by Gasteiger charge is 2.33. The zero-order chi connectivity index (χ0) is 27.0. The van der Waals surface area contributed by atoms with Crippen LogP contribution in [-0.4, -0.2) is 46.2 Å². The van der Waals surface area contributed by atoms with Crippen LogP contribution in [0.15, 0.2) is 30.6 Å². The highest BCUT2D eigenvalue weighted by Crippen LogP contribution is 2.41. The van der Waals surface area contributed by atoms with Gasteiger partial charge in [0.1, 0.15) is 17.4 Å². The molecule has 5 rings (SSSR count). The van der Waals surface area contributed by atoms with Gasteiger partial charge in [-0.15, -0.1) is 0 Å². The van der Waals surface area contributed by atoms with Gasteiger partial charge in [-0.3, -0.25) is 14.7 Å². The topological polar surface area (TPSA) is 86.5 Å². The van der Waals surface area contributed by atoms with Gasteiger partial charge in [0.05, 0.1) is 30.0 Å². The minimum absolute atomic E-state index is 0.00298. The number of pyridine rings is 1. The summed E-state index contributed by atoms with van der Waals surface area (Å²) in [5.74, 6) is 0.954. The number of hydrogen-bond donors (Lipinski definition) is 0.